The van der Waals surface area contributed by atoms with E-state index in [1.807, 2.05) is 0 Å². The van der Waals surface area contributed by atoms with Crippen LogP contribution in [0.1, 0.15) is 50.4 Å². The van der Waals surface area contributed by atoms with Crippen LogP contribution in [0.3, 0.4) is 0 Å². The summed E-state index contributed by atoms with van der Waals surface area (Å²) < 4.78 is 21.7. The van der Waals surface area contributed by atoms with E-state index in [0.717, 1.165) is 19.3 Å². The summed E-state index contributed by atoms with van der Waals surface area (Å²) in [6.07, 6.45) is 2.78. The zero-order valence-corrected chi connectivity index (χ0v) is 17.1. The maximum atomic E-state index is 12.8. The van der Waals surface area contributed by atoms with Gasteiger partial charge in [-0.3, -0.25) is 0 Å². The largest absolute Gasteiger partial charge is 0.496 e. The molecule has 1 aliphatic carbocycles. The minimum Gasteiger partial charge on any atom is -0.496 e. The molecule has 1 aromatic carbocycles. The molecular weight excluding hydrogens is 360 g/mol. The van der Waals surface area contributed by atoms with E-state index in [0.29, 0.717) is 40.2 Å². The molecule has 6 nitrogen and oxygen atoms in total. The van der Waals surface area contributed by atoms with Gasteiger partial charge in [-0.15, -0.1) is 0 Å². The van der Waals surface area contributed by atoms with Crippen molar-refractivity contribution in [3.63, 3.8) is 0 Å². The minimum atomic E-state index is -0.724. The first-order valence-corrected chi connectivity index (χ1v) is 9.74. The number of esters is 1. The summed E-state index contributed by atoms with van der Waals surface area (Å²) in [4.78, 5) is 25.3. The highest BCUT2D eigenvalue weighted by molar-refractivity contribution is 5.95. The molecular formula is C22H28O6. The second kappa shape index (κ2) is 8.25. The van der Waals surface area contributed by atoms with Crippen LogP contribution >= 0.6 is 0 Å². The van der Waals surface area contributed by atoms with Crippen LogP contribution < -0.4 is 15.1 Å². The van der Waals surface area contributed by atoms with Crippen molar-refractivity contribution in [3.05, 3.63) is 34.2 Å². The molecule has 0 N–H and O–H groups in total. The van der Waals surface area contributed by atoms with Crippen LogP contribution in [0.5, 0.6) is 11.5 Å². The topological polar surface area (TPSA) is 75.0 Å². The van der Waals surface area contributed by atoms with Crippen LogP contribution in [0, 0.1) is 17.8 Å². The van der Waals surface area contributed by atoms with Crippen molar-refractivity contribution in [2.24, 2.45) is 17.8 Å². The monoisotopic (exact) mass is 388 g/mol. The highest BCUT2D eigenvalue weighted by Crippen LogP contribution is 2.36. The molecule has 0 bridgehead atoms. The Hall–Kier alpha value is -2.50. The Kier molecular flexibility index (Phi) is 5.96. The van der Waals surface area contributed by atoms with Gasteiger partial charge in [0.05, 0.1) is 19.6 Å². The van der Waals surface area contributed by atoms with Crippen molar-refractivity contribution in [2.75, 3.05) is 14.2 Å². The number of hydrogen-bond acceptors (Lipinski definition) is 6. The smallest absolute Gasteiger partial charge is 0.351 e. The molecule has 152 valence electrons. The highest BCUT2D eigenvalue weighted by atomic mass is 16.5. The van der Waals surface area contributed by atoms with E-state index < -0.39 is 11.6 Å². The quantitative estimate of drug-likeness (QED) is 0.557. The zero-order chi connectivity index (χ0) is 20.4. The Balaban J connectivity index is 1.95. The lowest BCUT2D eigenvalue weighted by Gasteiger charge is -2.36. The van der Waals surface area contributed by atoms with Gasteiger partial charge in [0, 0.05) is 12.1 Å². The molecule has 1 aliphatic rings. The Labute approximate surface area is 164 Å². The second-order valence-electron chi connectivity index (χ2n) is 7.96. The number of fused-ring (bicyclic) bond motifs is 1. The fraction of sp³-hybridized carbons (Fsp3) is 0.545. The average molecular weight is 388 g/mol. The van der Waals surface area contributed by atoms with E-state index in [2.05, 4.69) is 20.8 Å². The molecule has 0 aliphatic heterocycles. The van der Waals surface area contributed by atoms with Crippen LogP contribution in [0.4, 0.5) is 0 Å². The molecule has 1 fully saturated rings. The van der Waals surface area contributed by atoms with E-state index in [1.54, 1.807) is 12.1 Å². The van der Waals surface area contributed by atoms with Gasteiger partial charge in [0.1, 0.15) is 28.7 Å². The molecule has 0 unspecified atom stereocenters. The van der Waals surface area contributed by atoms with Gasteiger partial charge >= 0.3 is 11.6 Å². The molecule has 1 saturated carbocycles. The maximum absolute atomic E-state index is 12.8. The van der Waals surface area contributed by atoms with Crippen LogP contribution in [0.15, 0.2) is 27.4 Å². The lowest BCUT2D eigenvalue weighted by atomic mass is 9.75. The van der Waals surface area contributed by atoms with Crippen molar-refractivity contribution in [1.82, 2.24) is 0 Å². The molecule has 0 saturated heterocycles. The third kappa shape index (κ3) is 4.01. The second-order valence-corrected chi connectivity index (χ2v) is 7.96. The zero-order valence-electron chi connectivity index (χ0n) is 17.1. The molecule has 0 amide bonds. The van der Waals surface area contributed by atoms with Crippen LogP contribution in [0.2, 0.25) is 0 Å². The van der Waals surface area contributed by atoms with Gasteiger partial charge in [-0.05, 0) is 36.7 Å². The van der Waals surface area contributed by atoms with Crippen molar-refractivity contribution in [1.29, 1.82) is 0 Å². The number of carbonyl (C=O) groups excluding carboxylic acids is 1. The Morgan fingerprint density at radius 3 is 2.54 bits per heavy atom. The first-order valence-electron chi connectivity index (χ1n) is 9.74. The van der Waals surface area contributed by atoms with Crippen molar-refractivity contribution >= 4 is 16.9 Å². The molecule has 1 aromatic heterocycles. The molecule has 2 aromatic rings. The summed E-state index contributed by atoms with van der Waals surface area (Å²) in [5.74, 6) is 1.52. The van der Waals surface area contributed by atoms with E-state index >= 15 is 0 Å². The predicted molar refractivity (Wildman–Crippen MR) is 106 cm³/mol. The van der Waals surface area contributed by atoms with E-state index in [4.69, 9.17) is 18.6 Å². The summed E-state index contributed by atoms with van der Waals surface area (Å²) in [5.41, 5.74) is -0.543. The fourth-order valence-electron chi connectivity index (χ4n) is 4.04. The number of hydrogen-bond donors (Lipinski definition) is 0. The van der Waals surface area contributed by atoms with Gasteiger partial charge in [0.15, 0.2) is 0 Å². The summed E-state index contributed by atoms with van der Waals surface area (Å²) in [5, 5.41) is 0.521. The van der Waals surface area contributed by atoms with Gasteiger partial charge in [-0.25, -0.2) is 9.59 Å². The Morgan fingerprint density at radius 2 is 1.89 bits per heavy atom. The highest BCUT2D eigenvalue weighted by Gasteiger charge is 2.34. The normalized spacial score (nSPS) is 22.3. The lowest BCUT2D eigenvalue weighted by molar-refractivity contribution is -0.0177. The van der Waals surface area contributed by atoms with E-state index in [-0.39, 0.29) is 11.7 Å². The van der Waals surface area contributed by atoms with Gasteiger partial charge in [0.25, 0.3) is 0 Å². The molecule has 1 heterocycles. The summed E-state index contributed by atoms with van der Waals surface area (Å²) in [7, 11) is 3.02. The summed E-state index contributed by atoms with van der Waals surface area (Å²) in [6.45, 7) is 6.45. The van der Waals surface area contributed by atoms with Gasteiger partial charge in [-0.2, -0.15) is 0 Å². The number of carbonyl (C=O) groups is 1. The van der Waals surface area contributed by atoms with Gasteiger partial charge < -0.3 is 18.6 Å². The molecule has 6 heteroatoms. The molecule has 0 spiro atoms. The van der Waals surface area contributed by atoms with Crippen molar-refractivity contribution in [2.45, 2.75) is 46.1 Å². The van der Waals surface area contributed by atoms with Crippen LogP contribution in [0.25, 0.3) is 11.0 Å². The van der Waals surface area contributed by atoms with Gasteiger partial charge in [-0.1, -0.05) is 27.2 Å². The van der Waals surface area contributed by atoms with Crippen LogP contribution in [-0.2, 0) is 4.74 Å². The number of benzene rings is 1. The van der Waals surface area contributed by atoms with E-state index in [9.17, 15) is 9.59 Å². The molecule has 0 radical (unpaired) electrons. The number of ether oxygens (including phenoxy) is 3. The fourth-order valence-corrected chi connectivity index (χ4v) is 4.04. The first kappa shape index (κ1) is 20.2. The predicted octanol–water partition coefficient (Wildman–Crippen LogP) is 4.43. The first-order chi connectivity index (χ1) is 13.3. The van der Waals surface area contributed by atoms with E-state index in [1.165, 1.54) is 20.3 Å². The standard InChI is InChI=1S/C22H28O6/c1-12(2)15-7-6-13(3)8-19(15)27-21(23)17-11-16-18(26-5)9-14(25-4)10-20(16)28-22(17)24/h9-13,15,19H,6-8H2,1-5H3/t13-,15+,19-/m0/s1. The Bertz CT molecular complexity index is 913. The average Bonchev–Trinajstić information content (AvgIpc) is 2.66. The third-order valence-electron chi connectivity index (χ3n) is 5.68. The summed E-state index contributed by atoms with van der Waals surface area (Å²) >= 11 is 0. The van der Waals surface area contributed by atoms with Crippen molar-refractivity contribution < 1.29 is 23.4 Å². The molecule has 28 heavy (non-hydrogen) atoms. The number of methoxy groups -OCH3 is 2. The SMILES string of the molecule is COc1cc(OC)c2cc(C(=O)O[C@H]3C[C@@H](C)CC[C@@H]3C(C)C)c(=O)oc2c1. The molecule has 3 rings (SSSR count). The summed E-state index contributed by atoms with van der Waals surface area (Å²) in [6, 6.07) is 4.75. The minimum absolute atomic E-state index is 0.114. The lowest BCUT2D eigenvalue weighted by Crippen LogP contribution is -2.36. The van der Waals surface area contributed by atoms with Crippen molar-refractivity contribution in [3.8, 4) is 11.5 Å². The number of rotatable bonds is 5. The maximum Gasteiger partial charge on any atom is 0.351 e. The third-order valence-corrected chi connectivity index (χ3v) is 5.68. The molecule has 3 atom stereocenters. The van der Waals surface area contributed by atoms with Crippen LogP contribution in [-0.4, -0.2) is 26.3 Å². The van der Waals surface area contributed by atoms with Gasteiger partial charge in [0.2, 0.25) is 0 Å². The Morgan fingerprint density at radius 1 is 1.14 bits per heavy atom.